The molecule has 0 atom stereocenters. The van der Waals surface area contributed by atoms with E-state index < -0.39 is 5.97 Å². The first-order valence-electron chi connectivity index (χ1n) is 4.14. The van der Waals surface area contributed by atoms with Crippen LogP contribution in [0.15, 0.2) is 41.1 Å². The van der Waals surface area contributed by atoms with E-state index in [0.717, 1.165) is 0 Å². The number of carbonyl (C=O) groups excluding carboxylic acids is 1. The van der Waals surface area contributed by atoms with Crippen molar-refractivity contribution in [2.24, 2.45) is 7.05 Å². The lowest BCUT2D eigenvalue weighted by atomic mass is 10.4. The van der Waals surface area contributed by atoms with E-state index in [1.54, 1.807) is 42.1 Å². The highest BCUT2D eigenvalue weighted by molar-refractivity contribution is 5.89. The first-order valence-corrected chi connectivity index (χ1v) is 4.14. The molecule has 0 aliphatic heterocycles. The van der Waals surface area contributed by atoms with Gasteiger partial charge in [0.25, 0.3) is 5.95 Å². The largest absolute Gasteiger partial charge is 0.434 e. The van der Waals surface area contributed by atoms with Gasteiger partial charge in [-0.2, -0.15) is 0 Å². The lowest BCUT2D eigenvalue weighted by molar-refractivity contribution is 0.0684. The Balaban J connectivity index is 2.14. The Hall–Kier alpha value is -1.97. The maximum Gasteiger partial charge on any atom is 0.362 e. The number of nitrogens with zero attached hydrogens (tertiary/aromatic N) is 1. The maximum absolute atomic E-state index is 11.5. The van der Waals surface area contributed by atoms with Gasteiger partial charge < -0.3 is 13.7 Å². The van der Waals surface area contributed by atoms with Crippen LogP contribution in [-0.4, -0.2) is 10.5 Å². The first kappa shape index (κ1) is 8.62. The highest BCUT2D eigenvalue weighted by atomic mass is 16.6. The average molecular weight is 191 g/mol. The van der Waals surface area contributed by atoms with E-state index in [0.29, 0.717) is 5.69 Å². The van der Waals surface area contributed by atoms with Gasteiger partial charge in [0.1, 0.15) is 5.69 Å². The third kappa shape index (κ3) is 1.54. The van der Waals surface area contributed by atoms with Crippen LogP contribution in [0.25, 0.3) is 0 Å². The topological polar surface area (TPSA) is 44.4 Å². The van der Waals surface area contributed by atoms with Gasteiger partial charge in [-0.3, -0.25) is 0 Å². The van der Waals surface area contributed by atoms with Gasteiger partial charge in [-0.15, -0.1) is 0 Å². The normalized spacial score (nSPS) is 10.1. The SMILES string of the molecule is Cn1cccc1C(=O)Oc1ccco1. The van der Waals surface area contributed by atoms with Crippen LogP contribution in [0.5, 0.6) is 5.95 Å². The summed E-state index contributed by atoms with van der Waals surface area (Å²) in [5, 5.41) is 0. The molecule has 0 aromatic carbocycles. The molecule has 0 saturated carbocycles. The van der Waals surface area contributed by atoms with Crippen molar-refractivity contribution in [3.8, 4) is 5.95 Å². The summed E-state index contributed by atoms with van der Waals surface area (Å²) in [4.78, 5) is 11.5. The minimum atomic E-state index is -0.424. The Morgan fingerprint density at radius 2 is 2.29 bits per heavy atom. The molecule has 0 unspecified atom stereocenters. The predicted molar refractivity (Wildman–Crippen MR) is 49.1 cm³/mol. The third-order valence-electron chi connectivity index (χ3n) is 1.84. The molecule has 2 heterocycles. The molecule has 4 heteroatoms. The van der Waals surface area contributed by atoms with Gasteiger partial charge in [-0.25, -0.2) is 4.79 Å². The molecular formula is C10H9NO3. The fourth-order valence-corrected chi connectivity index (χ4v) is 1.14. The summed E-state index contributed by atoms with van der Waals surface area (Å²) in [6.45, 7) is 0. The van der Waals surface area contributed by atoms with Crippen LogP contribution in [0.1, 0.15) is 10.5 Å². The van der Waals surface area contributed by atoms with E-state index in [4.69, 9.17) is 9.15 Å². The molecule has 0 fully saturated rings. The van der Waals surface area contributed by atoms with Gasteiger partial charge in [0.2, 0.25) is 0 Å². The average Bonchev–Trinajstić information content (AvgIpc) is 2.75. The predicted octanol–water partition coefficient (Wildman–Crippen LogP) is 1.84. The summed E-state index contributed by atoms with van der Waals surface area (Å²) >= 11 is 0. The molecule has 0 amide bonds. The van der Waals surface area contributed by atoms with E-state index in [1.165, 1.54) is 6.26 Å². The number of carbonyl (C=O) groups is 1. The van der Waals surface area contributed by atoms with Crippen LogP contribution >= 0.6 is 0 Å². The van der Waals surface area contributed by atoms with E-state index in [2.05, 4.69) is 0 Å². The molecule has 4 nitrogen and oxygen atoms in total. The van der Waals surface area contributed by atoms with Crippen molar-refractivity contribution < 1.29 is 13.9 Å². The Labute approximate surface area is 80.7 Å². The quantitative estimate of drug-likeness (QED) is 0.680. The van der Waals surface area contributed by atoms with Crippen LogP contribution in [0.2, 0.25) is 0 Å². The monoisotopic (exact) mass is 191 g/mol. The van der Waals surface area contributed by atoms with Crippen molar-refractivity contribution in [3.63, 3.8) is 0 Å². The van der Waals surface area contributed by atoms with Crippen LogP contribution in [0.3, 0.4) is 0 Å². The lowest BCUT2D eigenvalue weighted by Gasteiger charge is -2.01. The number of furan rings is 1. The number of hydrogen-bond donors (Lipinski definition) is 0. The summed E-state index contributed by atoms with van der Waals surface area (Å²) in [6, 6.07) is 6.71. The second-order valence-electron chi connectivity index (χ2n) is 2.83. The molecule has 0 aliphatic carbocycles. The minimum Gasteiger partial charge on any atom is -0.434 e. The smallest absolute Gasteiger partial charge is 0.362 e. The molecule has 0 saturated heterocycles. The van der Waals surface area contributed by atoms with E-state index in [1.807, 2.05) is 0 Å². The molecule has 0 aliphatic rings. The van der Waals surface area contributed by atoms with Crippen LogP contribution in [0, 0.1) is 0 Å². The Morgan fingerprint density at radius 3 is 2.86 bits per heavy atom. The molecule has 0 radical (unpaired) electrons. The third-order valence-corrected chi connectivity index (χ3v) is 1.84. The fraction of sp³-hybridized carbons (Fsp3) is 0.100. The van der Waals surface area contributed by atoms with Crippen molar-refractivity contribution in [1.82, 2.24) is 4.57 Å². The Bertz CT molecular complexity index is 428. The van der Waals surface area contributed by atoms with Gasteiger partial charge in [0, 0.05) is 19.3 Å². The zero-order chi connectivity index (χ0) is 9.97. The summed E-state index contributed by atoms with van der Waals surface area (Å²) < 4.78 is 11.5. The number of ether oxygens (including phenoxy) is 1. The van der Waals surface area contributed by atoms with Crippen LogP contribution in [0.4, 0.5) is 0 Å². The second kappa shape index (κ2) is 3.41. The first-order chi connectivity index (χ1) is 6.77. The molecule has 2 aromatic heterocycles. The van der Waals surface area contributed by atoms with Gasteiger partial charge in [-0.05, 0) is 18.2 Å². The molecular weight excluding hydrogens is 182 g/mol. The van der Waals surface area contributed by atoms with Crippen molar-refractivity contribution in [2.75, 3.05) is 0 Å². The zero-order valence-corrected chi connectivity index (χ0v) is 7.64. The minimum absolute atomic E-state index is 0.205. The molecule has 0 bridgehead atoms. The van der Waals surface area contributed by atoms with Crippen LogP contribution in [-0.2, 0) is 7.05 Å². The molecule has 0 N–H and O–H groups in total. The van der Waals surface area contributed by atoms with Crippen molar-refractivity contribution in [1.29, 1.82) is 0 Å². The van der Waals surface area contributed by atoms with E-state index in [9.17, 15) is 4.79 Å². The van der Waals surface area contributed by atoms with Crippen molar-refractivity contribution >= 4 is 5.97 Å². The lowest BCUT2D eigenvalue weighted by Crippen LogP contribution is -2.11. The molecule has 2 aromatic rings. The fourth-order valence-electron chi connectivity index (χ4n) is 1.14. The Morgan fingerprint density at radius 1 is 1.43 bits per heavy atom. The number of hydrogen-bond acceptors (Lipinski definition) is 3. The number of aromatic nitrogens is 1. The number of aryl methyl sites for hydroxylation is 1. The van der Waals surface area contributed by atoms with Gasteiger partial charge in [0.05, 0.1) is 6.26 Å². The van der Waals surface area contributed by atoms with Gasteiger partial charge >= 0.3 is 5.97 Å². The molecule has 72 valence electrons. The van der Waals surface area contributed by atoms with Gasteiger partial charge in [-0.1, -0.05) is 0 Å². The Kier molecular flexibility index (Phi) is 2.10. The standard InChI is InChI=1S/C10H9NO3/c1-11-6-2-4-8(11)10(12)14-9-5-3-7-13-9/h2-7H,1H3. The summed E-state index contributed by atoms with van der Waals surface area (Å²) in [6.07, 6.45) is 3.23. The zero-order valence-electron chi connectivity index (χ0n) is 7.64. The van der Waals surface area contributed by atoms with Crippen LogP contribution < -0.4 is 4.74 Å². The highest BCUT2D eigenvalue weighted by Crippen LogP contribution is 2.12. The summed E-state index contributed by atoms with van der Waals surface area (Å²) in [5.41, 5.74) is 0.487. The summed E-state index contributed by atoms with van der Waals surface area (Å²) in [5.74, 6) is -0.219. The van der Waals surface area contributed by atoms with E-state index >= 15 is 0 Å². The molecule has 0 spiro atoms. The molecule has 2 rings (SSSR count). The highest BCUT2D eigenvalue weighted by Gasteiger charge is 2.12. The summed E-state index contributed by atoms with van der Waals surface area (Å²) in [7, 11) is 1.78. The van der Waals surface area contributed by atoms with Crippen molar-refractivity contribution in [3.05, 3.63) is 42.4 Å². The number of rotatable bonds is 2. The van der Waals surface area contributed by atoms with Crippen molar-refractivity contribution in [2.45, 2.75) is 0 Å². The molecule has 14 heavy (non-hydrogen) atoms. The van der Waals surface area contributed by atoms with Gasteiger partial charge in [0.15, 0.2) is 0 Å². The number of esters is 1. The maximum atomic E-state index is 11.5. The van der Waals surface area contributed by atoms with E-state index in [-0.39, 0.29) is 5.95 Å². The second-order valence-corrected chi connectivity index (χ2v) is 2.83.